The number of pyridine rings is 1. The van der Waals surface area contributed by atoms with Gasteiger partial charge in [0.2, 0.25) is 5.91 Å². The summed E-state index contributed by atoms with van der Waals surface area (Å²) in [4.78, 5) is 42.7. The van der Waals surface area contributed by atoms with Gasteiger partial charge in [-0.15, -0.1) is 0 Å². The van der Waals surface area contributed by atoms with Crippen LogP contribution in [-0.2, 0) is 29.5 Å². The first kappa shape index (κ1) is 23.5. The monoisotopic (exact) mass is 433 g/mol. The number of nitrogens with zero attached hydrogens (tertiary/aromatic N) is 3. The molecule has 0 bridgehead atoms. The number of rotatable bonds is 6. The highest BCUT2D eigenvalue weighted by Crippen LogP contribution is 2.27. The summed E-state index contributed by atoms with van der Waals surface area (Å²) in [5.74, 6) is -0.368. The molecule has 1 aromatic rings. The Labute approximate surface area is 183 Å². The van der Waals surface area contributed by atoms with Gasteiger partial charge in [0, 0.05) is 46.0 Å². The first-order chi connectivity index (χ1) is 14.7. The summed E-state index contributed by atoms with van der Waals surface area (Å²) in [6.07, 6.45) is 4.89. The van der Waals surface area contributed by atoms with E-state index in [0.717, 1.165) is 30.4 Å². The molecular formula is C23H35N3O5. The number of aryl methyl sites for hydroxylation is 1. The van der Waals surface area contributed by atoms with Crippen molar-refractivity contribution < 1.29 is 19.4 Å². The smallest absolute Gasteiger partial charge is 0.263 e. The molecule has 0 radical (unpaired) electrons. The highest BCUT2D eigenvalue weighted by Gasteiger charge is 2.36. The Kier molecular flexibility index (Phi) is 7.21. The molecule has 3 heterocycles. The Bertz CT molecular complexity index is 892. The number of aromatic nitrogens is 1. The van der Waals surface area contributed by atoms with Gasteiger partial charge in [0.15, 0.2) is 0 Å². The Morgan fingerprint density at radius 3 is 2.68 bits per heavy atom. The number of carbonyl (C=O) groups is 2. The summed E-state index contributed by atoms with van der Waals surface area (Å²) in [7, 11) is 1.64. The molecular weight excluding hydrogens is 398 g/mol. The minimum Gasteiger partial charge on any atom is -0.395 e. The van der Waals surface area contributed by atoms with Gasteiger partial charge in [0.25, 0.3) is 11.5 Å². The van der Waals surface area contributed by atoms with Gasteiger partial charge in [-0.25, -0.2) is 0 Å². The molecule has 8 heteroatoms. The number of aliphatic hydroxyl groups excluding tert-OH is 1. The molecule has 0 spiro atoms. The minimum absolute atomic E-state index is 0.00914. The Balaban J connectivity index is 1.87. The van der Waals surface area contributed by atoms with Crippen LogP contribution in [0.4, 0.5) is 0 Å². The van der Waals surface area contributed by atoms with Gasteiger partial charge in [-0.2, -0.15) is 0 Å². The molecule has 1 saturated heterocycles. The third-order valence-electron chi connectivity index (χ3n) is 6.26. The molecule has 3 rings (SSSR count). The third-order valence-corrected chi connectivity index (χ3v) is 6.26. The van der Waals surface area contributed by atoms with Crippen LogP contribution in [0.25, 0.3) is 0 Å². The Morgan fingerprint density at radius 2 is 2.00 bits per heavy atom. The summed E-state index contributed by atoms with van der Waals surface area (Å²) in [6, 6.07) is 0. The van der Waals surface area contributed by atoms with Gasteiger partial charge in [-0.05, 0) is 50.7 Å². The van der Waals surface area contributed by atoms with Crippen molar-refractivity contribution in [2.24, 2.45) is 12.5 Å². The maximum atomic E-state index is 13.4. The fraction of sp³-hybridized carbons (Fsp3) is 0.696. The van der Waals surface area contributed by atoms with Gasteiger partial charge in [0.05, 0.1) is 18.1 Å². The van der Waals surface area contributed by atoms with E-state index in [-0.39, 0.29) is 35.6 Å². The van der Waals surface area contributed by atoms with Crippen molar-refractivity contribution in [3.63, 3.8) is 0 Å². The molecule has 31 heavy (non-hydrogen) atoms. The van der Waals surface area contributed by atoms with E-state index in [1.165, 1.54) is 4.57 Å². The van der Waals surface area contributed by atoms with Crippen LogP contribution in [0, 0.1) is 5.41 Å². The largest absolute Gasteiger partial charge is 0.395 e. The first-order valence-corrected chi connectivity index (χ1v) is 11.2. The van der Waals surface area contributed by atoms with Crippen molar-refractivity contribution in [1.82, 2.24) is 14.4 Å². The quantitative estimate of drug-likeness (QED) is 0.731. The van der Waals surface area contributed by atoms with Gasteiger partial charge in [0.1, 0.15) is 5.56 Å². The maximum absolute atomic E-state index is 13.4. The number of amides is 2. The number of hydrogen-bond acceptors (Lipinski definition) is 5. The topological polar surface area (TPSA) is 92.1 Å². The third kappa shape index (κ3) is 4.85. The summed E-state index contributed by atoms with van der Waals surface area (Å²) in [5.41, 5.74) is 0.628. The molecule has 1 N–H and O–H groups in total. The van der Waals surface area contributed by atoms with Crippen molar-refractivity contribution in [2.75, 3.05) is 32.8 Å². The average molecular weight is 434 g/mol. The first-order valence-electron chi connectivity index (χ1n) is 11.2. The number of aliphatic hydroxyl groups is 1. The normalized spacial score (nSPS) is 19.3. The molecule has 1 atom stereocenters. The summed E-state index contributed by atoms with van der Waals surface area (Å²) >= 11 is 0. The molecule has 2 amide bonds. The predicted octanol–water partition coefficient (Wildman–Crippen LogP) is 1.32. The lowest BCUT2D eigenvalue weighted by Crippen LogP contribution is -2.48. The van der Waals surface area contributed by atoms with Gasteiger partial charge < -0.3 is 24.2 Å². The van der Waals surface area contributed by atoms with Crippen LogP contribution in [0.1, 0.15) is 61.5 Å². The zero-order chi connectivity index (χ0) is 22.8. The lowest BCUT2D eigenvalue weighted by molar-refractivity contribution is -0.143. The molecule has 1 fully saturated rings. The fourth-order valence-electron chi connectivity index (χ4n) is 4.38. The van der Waals surface area contributed by atoms with E-state index < -0.39 is 5.41 Å². The van der Waals surface area contributed by atoms with Crippen LogP contribution in [-0.4, -0.2) is 70.2 Å². The molecule has 1 aromatic heterocycles. The fourth-order valence-corrected chi connectivity index (χ4v) is 4.38. The lowest BCUT2D eigenvalue weighted by atomic mass is 9.90. The highest BCUT2D eigenvalue weighted by molar-refractivity contribution is 5.96. The van der Waals surface area contributed by atoms with Crippen LogP contribution in [0.3, 0.4) is 0 Å². The van der Waals surface area contributed by atoms with Crippen LogP contribution < -0.4 is 5.56 Å². The Morgan fingerprint density at radius 1 is 1.26 bits per heavy atom. The van der Waals surface area contributed by atoms with E-state index in [2.05, 4.69) is 6.92 Å². The number of piperidine rings is 1. The summed E-state index contributed by atoms with van der Waals surface area (Å²) in [6.45, 7) is 7.79. The number of carbonyl (C=O) groups excluding carboxylic acids is 2. The van der Waals surface area contributed by atoms with Gasteiger partial charge in [-0.1, -0.05) is 6.92 Å². The zero-order valence-electron chi connectivity index (χ0n) is 19.1. The highest BCUT2D eigenvalue weighted by atomic mass is 16.5. The van der Waals surface area contributed by atoms with Crippen LogP contribution in [0.5, 0.6) is 0 Å². The van der Waals surface area contributed by atoms with Gasteiger partial charge >= 0.3 is 0 Å². The molecule has 2 aliphatic heterocycles. The van der Waals surface area contributed by atoms with E-state index in [0.29, 0.717) is 39.2 Å². The van der Waals surface area contributed by atoms with Crippen LogP contribution in [0.15, 0.2) is 11.0 Å². The predicted molar refractivity (Wildman–Crippen MR) is 117 cm³/mol. The molecule has 8 nitrogen and oxygen atoms in total. The zero-order valence-corrected chi connectivity index (χ0v) is 19.1. The van der Waals surface area contributed by atoms with Crippen molar-refractivity contribution >= 4 is 11.8 Å². The second-order valence-electron chi connectivity index (χ2n) is 9.33. The van der Waals surface area contributed by atoms with Crippen LogP contribution in [0.2, 0.25) is 0 Å². The van der Waals surface area contributed by atoms with E-state index in [1.807, 2.05) is 0 Å². The van der Waals surface area contributed by atoms with Crippen molar-refractivity contribution in [2.45, 2.75) is 59.1 Å². The number of likely N-dealkylation sites (tertiary alicyclic amines) is 1. The molecule has 0 saturated carbocycles. The molecule has 1 unspecified atom stereocenters. The van der Waals surface area contributed by atoms with Crippen molar-refractivity contribution in [3.05, 3.63) is 33.2 Å². The second kappa shape index (κ2) is 9.53. The van der Waals surface area contributed by atoms with Gasteiger partial charge in [-0.3, -0.25) is 14.4 Å². The molecule has 0 aliphatic carbocycles. The summed E-state index contributed by atoms with van der Waals surface area (Å²) in [5, 5.41) is 9.55. The molecule has 0 aromatic carbocycles. The maximum Gasteiger partial charge on any atom is 0.263 e. The number of fused-ring (bicyclic) bond motifs is 1. The standard InChI is InChI=1S/C23H35N3O5/c1-5-11-31-17-7-6-9-25(14-17)21(29)19-18-8-10-26(22(30)23(2,3)15-27)13-16(18)12-24(4)20(19)28/h12,17,27H,5-11,13-15H2,1-4H3. The molecule has 2 aliphatic rings. The Hall–Kier alpha value is -2.19. The SMILES string of the molecule is CCCOC1CCCN(C(=O)c2c3c(cn(C)c2=O)CN(C(=O)C(C)(C)CO)CC3)C1. The minimum atomic E-state index is -0.863. The van der Waals surface area contributed by atoms with E-state index in [1.54, 1.807) is 36.9 Å². The van der Waals surface area contributed by atoms with Crippen molar-refractivity contribution in [1.29, 1.82) is 0 Å². The lowest BCUT2D eigenvalue weighted by Gasteiger charge is -2.36. The molecule has 172 valence electrons. The van der Waals surface area contributed by atoms with E-state index >= 15 is 0 Å². The average Bonchev–Trinajstić information content (AvgIpc) is 2.77. The van der Waals surface area contributed by atoms with Crippen LogP contribution >= 0.6 is 0 Å². The summed E-state index contributed by atoms with van der Waals surface area (Å²) < 4.78 is 7.29. The van der Waals surface area contributed by atoms with E-state index in [9.17, 15) is 19.5 Å². The second-order valence-corrected chi connectivity index (χ2v) is 9.33. The number of ether oxygens (including phenoxy) is 1. The van der Waals surface area contributed by atoms with Crippen molar-refractivity contribution in [3.8, 4) is 0 Å². The van der Waals surface area contributed by atoms with E-state index in [4.69, 9.17) is 4.74 Å². The number of hydrogen-bond donors (Lipinski definition) is 1.